The van der Waals surface area contributed by atoms with Crippen LogP contribution in [0, 0.1) is 6.92 Å². The normalized spacial score (nSPS) is 12.4. The topological polar surface area (TPSA) is 41.4 Å². The van der Waals surface area contributed by atoms with Crippen LogP contribution in [0.4, 0.5) is 0 Å². The van der Waals surface area contributed by atoms with Crippen LogP contribution in [-0.4, -0.2) is 53.2 Å². The van der Waals surface area contributed by atoms with Gasteiger partial charge in [0.05, 0.1) is 17.3 Å². The van der Waals surface area contributed by atoms with Gasteiger partial charge in [0.25, 0.3) is 5.91 Å². The quantitative estimate of drug-likeness (QED) is 0.784. The van der Waals surface area contributed by atoms with E-state index in [1.54, 1.807) is 0 Å². The Hall–Kier alpha value is -2.14. The summed E-state index contributed by atoms with van der Waals surface area (Å²) in [5.74, 6) is 0.0190. The monoisotopic (exact) mass is 328 g/mol. The lowest BCUT2D eigenvalue weighted by Crippen LogP contribution is -2.37. The lowest BCUT2D eigenvalue weighted by Gasteiger charge is -2.31. The predicted molar refractivity (Wildman–Crippen MR) is 97.1 cm³/mol. The van der Waals surface area contributed by atoms with Crippen LogP contribution in [0.3, 0.4) is 0 Å². The minimum absolute atomic E-state index is 0.00243. The van der Waals surface area contributed by atoms with Crippen molar-refractivity contribution in [2.24, 2.45) is 0 Å². The highest BCUT2D eigenvalue weighted by atomic mass is 16.2. The number of amides is 1. The molecular weight excluding hydrogens is 300 g/mol. The Morgan fingerprint density at radius 2 is 1.88 bits per heavy atom. The van der Waals surface area contributed by atoms with Crippen molar-refractivity contribution in [3.8, 4) is 0 Å². The molecule has 5 heteroatoms. The van der Waals surface area contributed by atoms with Crippen molar-refractivity contribution in [2.45, 2.75) is 32.9 Å². The van der Waals surface area contributed by atoms with E-state index in [0.717, 1.165) is 30.8 Å². The fraction of sp³-hybridized carbons (Fsp3) is 0.474. The Kier molecular flexibility index (Phi) is 6.15. The Bertz CT molecular complexity index is 663. The van der Waals surface area contributed by atoms with Crippen LogP contribution in [0.2, 0.25) is 0 Å². The first-order chi connectivity index (χ1) is 11.4. The molecule has 2 aromatic rings. The number of benzene rings is 1. The first kappa shape index (κ1) is 18.2. The summed E-state index contributed by atoms with van der Waals surface area (Å²) < 4.78 is 1.86. The maximum absolute atomic E-state index is 13.0. The number of rotatable bonds is 7. The zero-order valence-electron chi connectivity index (χ0n) is 15.4. The maximum Gasteiger partial charge on any atom is 0.257 e. The number of hydrogen-bond acceptors (Lipinski definition) is 3. The molecule has 1 aromatic carbocycles. The van der Waals surface area contributed by atoms with E-state index in [4.69, 9.17) is 0 Å². The van der Waals surface area contributed by atoms with Crippen LogP contribution in [0.5, 0.6) is 0 Å². The van der Waals surface area contributed by atoms with Gasteiger partial charge in [-0.05, 0) is 33.0 Å². The van der Waals surface area contributed by atoms with Crippen LogP contribution in [0.15, 0.2) is 36.5 Å². The number of carbonyl (C=O) groups excluding carboxylic acids is 1. The summed E-state index contributed by atoms with van der Waals surface area (Å²) in [6.07, 6.45) is 2.87. The van der Waals surface area contributed by atoms with Gasteiger partial charge in [-0.2, -0.15) is 5.10 Å². The van der Waals surface area contributed by atoms with Crippen molar-refractivity contribution < 1.29 is 4.79 Å². The second-order valence-corrected chi connectivity index (χ2v) is 6.50. The van der Waals surface area contributed by atoms with E-state index in [9.17, 15) is 4.79 Å². The largest absolute Gasteiger partial charge is 0.333 e. The standard InChI is InChI=1S/C19H28N4O/c1-6-12-23-13-17(15(2)20-23)19(24)22(5)18(14-21(3)4)16-10-8-7-9-11-16/h7-11,13,18H,6,12,14H2,1-5H3/t18-/m1/s1. The smallest absolute Gasteiger partial charge is 0.257 e. The van der Waals surface area contributed by atoms with Crippen molar-refractivity contribution in [3.63, 3.8) is 0 Å². The van der Waals surface area contributed by atoms with E-state index in [0.29, 0.717) is 5.56 Å². The van der Waals surface area contributed by atoms with Gasteiger partial charge in [0.15, 0.2) is 0 Å². The molecule has 0 bridgehead atoms. The van der Waals surface area contributed by atoms with E-state index < -0.39 is 0 Å². The minimum atomic E-state index is 0.00243. The van der Waals surface area contributed by atoms with Gasteiger partial charge in [0, 0.05) is 26.3 Å². The zero-order chi connectivity index (χ0) is 17.7. The van der Waals surface area contributed by atoms with E-state index in [1.807, 2.05) is 62.0 Å². The zero-order valence-corrected chi connectivity index (χ0v) is 15.4. The van der Waals surface area contributed by atoms with E-state index in [1.165, 1.54) is 0 Å². The first-order valence-electron chi connectivity index (χ1n) is 8.45. The first-order valence-corrected chi connectivity index (χ1v) is 8.45. The molecule has 0 spiro atoms. The third-order valence-corrected chi connectivity index (χ3v) is 4.14. The van der Waals surface area contributed by atoms with Gasteiger partial charge in [-0.25, -0.2) is 0 Å². The average Bonchev–Trinajstić information content (AvgIpc) is 2.93. The summed E-state index contributed by atoms with van der Waals surface area (Å²) in [6.45, 7) is 5.61. The highest BCUT2D eigenvalue weighted by molar-refractivity contribution is 5.95. The molecule has 0 unspecified atom stereocenters. The molecule has 5 nitrogen and oxygen atoms in total. The summed E-state index contributed by atoms with van der Waals surface area (Å²) in [7, 11) is 5.93. The molecule has 0 radical (unpaired) electrons. The third kappa shape index (κ3) is 4.23. The molecule has 0 saturated carbocycles. The molecule has 0 fully saturated rings. The molecule has 1 amide bonds. The molecule has 24 heavy (non-hydrogen) atoms. The number of carbonyl (C=O) groups is 1. The Morgan fingerprint density at radius 1 is 1.21 bits per heavy atom. The van der Waals surface area contributed by atoms with Crippen LogP contribution >= 0.6 is 0 Å². The summed E-state index contributed by atoms with van der Waals surface area (Å²) >= 11 is 0. The second kappa shape index (κ2) is 8.11. The summed E-state index contributed by atoms with van der Waals surface area (Å²) in [5, 5.41) is 4.46. The van der Waals surface area contributed by atoms with E-state index >= 15 is 0 Å². The Labute approximate surface area is 144 Å². The molecule has 0 saturated heterocycles. The third-order valence-electron chi connectivity index (χ3n) is 4.14. The molecule has 0 aliphatic heterocycles. The number of aryl methyl sites for hydroxylation is 2. The van der Waals surface area contributed by atoms with Crippen LogP contribution in [0.25, 0.3) is 0 Å². The fourth-order valence-electron chi connectivity index (χ4n) is 2.88. The lowest BCUT2D eigenvalue weighted by molar-refractivity contribution is 0.0704. The fourth-order valence-corrected chi connectivity index (χ4v) is 2.88. The van der Waals surface area contributed by atoms with Gasteiger partial charge in [-0.3, -0.25) is 9.48 Å². The summed E-state index contributed by atoms with van der Waals surface area (Å²) in [6, 6.07) is 10.2. The van der Waals surface area contributed by atoms with Crippen molar-refractivity contribution in [1.82, 2.24) is 19.6 Å². The number of aromatic nitrogens is 2. The minimum Gasteiger partial charge on any atom is -0.333 e. The lowest BCUT2D eigenvalue weighted by atomic mass is 10.0. The molecule has 130 valence electrons. The number of nitrogens with zero attached hydrogens (tertiary/aromatic N) is 4. The molecule has 0 aliphatic rings. The Morgan fingerprint density at radius 3 is 2.46 bits per heavy atom. The van der Waals surface area contributed by atoms with Gasteiger partial charge >= 0.3 is 0 Å². The van der Waals surface area contributed by atoms with E-state index in [2.05, 4.69) is 29.1 Å². The van der Waals surface area contributed by atoms with Crippen molar-refractivity contribution in [2.75, 3.05) is 27.7 Å². The van der Waals surface area contributed by atoms with Crippen LogP contribution < -0.4 is 0 Å². The highest BCUT2D eigenvalue weighted by Crippen LogP contribution is 2.23. The molecule has 0 N–H and O–H groups in total. The number of hydrogen-bond donors (Lipinski definition) is 0. The second-order valence-electron chi connectivity index (χ2n) is 6.50. The SMILES string of the molecule is CCCn1cc(C(=O)N(C)[C@H](CN(C)C)c2ccccc2)c(C)n1. The van der Waals surface area contributed by atoms with Crippen molar-refractivity contribution in [3.05, 3.63) is 53.3 Å². The highest BCUT2D eigenvalue weighted by Gasteiger charge is 2.25. The predicted octanol–water partition coefficient (Wildman–Crippen LogP) is 2.98. The van der Waals surface area contributed by atoms with Gasteiger partial charge in [0.1, 0.15) is 0 Å². The van der Waals surface area contributed by atoms with Crippen LogP contribution in [0.1, 0.15) is 41.0 Å². The summed E-state index contributed by atoms with van der Waals surface area (Å²) in [4.78, 5) is 17.0. The van der Waals surface area contributed by atoms with Crippen molar-refractivity contribution >= 4 is 5.91 Å². The number of likely N-dealkylation sites (N-methyl/N-ethyl adjacent to an activating group) is 2. The molecule has 1 atom stereocenters. The molecule has 2 rings (SSSR count). The molecule has 0 aliphatic carbocycles. The Balaban J connectivity index is 2.28. The molecular formula is C19H28N4O. The van der Waals surface area contributed by atoms with E-state index in [-0.39, 0.29) is 11.9 Å². The molecule has 1 aromatic heterocycles. The maximum atomic E-state index is 13.0. The van der Waals surface area contributed by atoms with Gasteiger partial charge in [-0.15, -0.1) is 0 Å². The van der Waals surface area contributed by atoms with Gasteiger partial charge < -0.3 is 9.80 Å². The molecule has 1 heterocycles. The summed E-state index contributed by atoms with van der Waals surface area (Å²) in [5.41, 5.74) is 2.61. The van der Waals surface area contributed by atoms with Crippen LogP contribution in [-0.2, 0) is 6.54 Å². The van der Waals surface area contributed by atoms with Gasteiger partial charge in [-0.1, -0.05) is 37.3 Å². The average molecular weight is 328 g/mol. The van der Waals surface area contributed by atoms with Crippen molar-refractivity contribution in [1.29, 1.82) is 0 Å². The van der Waals surface area contributed by atoms with Gasteiger partial charge in [0.2, 0.25) is 0 Å².